The van der Waals surface area contributed by atoms with Gasteiger partial charge in [0.25, 0.3) is 11.9 Å². The Kier molecular flexibility index (Phi) is 12.5. The number of carboxylic acids is 2. The highest BCUT2D eigenvalue weighted by Gasteiger charge is 2.52. The molecular formula is C33H37O22+. The summed E-state index contributed by atoms with van der Waals surface area (Å²) < 4.78 is 37.1. The second kappa shape index (κ2) is 16.9. The Balaban J connectivity index is 1.46. The van der Waals surface area contributed by atoms with Crippen molar-refractivity contribution in [3.63, 3.8) is 0 Å². The Morgan fingerprint density at radius 1 is 0.673 bits per heavy atom. The van der Waals surface area contributed by atoms with Crippen LogP contribution in [0.25, 0.3) is 6.08 Å². The number of aliphatic hydroxyl groups is 6. The molecule has 0 amide bonds. The fraction of sp³-hybridized carbons (Fsp3) is 0.455. The SMILES string of the molecule is O=C(O)CC(=O)OC[C@H]1O[C@@H](O[C@@H]2[C@@H](O)[C@H](OC3=Cc4c(O)cc(O)cc4[OH+]C3c3ccc(O)c(O)c3)O[C@H](COC(=O)CC(=O)O)[C@H]2O)[C@H](O)[C@@H](O)[C@@H]1O. The van der Waals surface area contributed by atoms with Gasteiger partial charge in [0.15, 0.2) is 23.5 Å². The van der Waals surface area contributed by atoms with Crippen LogP contribution in [0.15, 0.2) is 36.1 Å². The number of aliphatic carboxylic acids is 2. The van der Waals surface area contributed by atoms with Crippen LogP contribution in [0.1, 0.15) is 30.1 Å². The van der Waals surface area contributed by atoms with Gasteiger partial charge in [-0.1, -0.05) is 0 Å². The molecule has 0 aliphatic carbocycles. The molecule has 22 heteroatoms. The van der Waals surface area contributed by atoms with E-state index >= 15 is 0 Å². The zero-order valence-corrected chi connectivity index (χ0v) is 28.1. The van der Waals surface area contributed by atoms with Crippen LogP contribution < -0.4 is 0 Å². The molecule has 2 aromatic rings. The average Bonchev–Trinajstić information content (AvgIpc) is 3.10. The molecule has 3 aliphatic rings. The first kappa shape index (κ1) is 40.7. The molecule has 22 nitrogen and oxygen atoms in total. The van der Waals surface area contributed by atoms with Crippen LogP contribution in [-0.2, 0) is 47.6 Å². The fourth-order valence-electron chi connectivity index (χ4n) is 5.79. The number of esters is 2. The molecule has 0 radical (unpaired) electrons. The first-order valence-electron chi connectivity index (χ1n) is 16.2. The van der Waals surface area contributed by atoms with Crippen molar-refractivity contribution in [3.8, 4) is 28.7 Å². The number of phenols is 4. The number of fused-ring (bicyclic) bond motifs is 1. The zero-order chi connectivity index (χ0) is 40.3. The highest BCUT2D eigenvalue weighted by Crippen LogP contribution is 2.46. The lowest BCUT2D eigenvalue weighted by Gasteiger charge is -2.46. The summed E-state index contributed by atoms with van der Waals surface area (Å²) >= 11 is 0. The van der Waals surface area contributed by atoms with Gasteiger partial charge in [-0.15, -0.1) is 0 Å². The standard InChI is InChI=1S/C33H36O22/c34-12-4-15(36)13-6-18(30(51-17(13)5-12)11-1-2-14(35)16(37)3-11)52-33-29(48)31(26(45)20(54-33)10-50-24(43)8-22(40)41)55-32-28(47)27(46)25(44)19(53-32)9-49-23(42)7-21(38)39/h1-6,19-20,25-37,44-48H,7-10H2,(H,38,39)(H,40,41)/p+1/t19-,20-,25-,26-,27+,28-,29-,30?,31+,32+,33-/m1/s1. The maximum Gasteiger partial charge on any atom is 0.317 e. The van der Waals surface area contributed by atoms with Crippen molar-refractivity contribution in [2.45, 2.75) is 80.4 Å². The topological polar surface area (TPSA) is 359 Å². The summed E-state index contributed by atoms with van der Waals surface area (Å²) in [6.07, 6.45) is -21.6. The molecule has 0 spiro atoms. The minimum Gasteiger partial charge on any atom is -0.571 e. The molecule has 1 unspecified atom stereocenters. The smallest absolute Gasteiger partial charge is 0.317 e. The number of ether oxygens (including phenoxy) is 7. The molecule has 0 bridgehead atoms. The van der Waals surface area contributed by atoms with Crippen LogP contribution >= 0.6 is 0 Å². The lowest BCUT2D eigenvalue weighted by atomic mass is 9.96. The molecule has 12 N–H and O–H groups in total. The van der Waals surface area contributed by atoms with E-state index in [0.29, 0.717) is 0 Å². The second-order valence-corrected chi connectivity index (χ2v) is 12.5. The Morgan fingerprint density at radius 3 is 1.87 bits per heavy atom. The second-order valence-electron chi connectivity index (χ2n) is 12.5. The van der Waals surface area contributed by atoms with E-state index in [0.717, 1.165) is 18.2 Å². The molecule has 11 atom stereocenters. The molecule has 2 fully saturated rings. The van der Waals surface area contributed by atoms with Gasteiger partial charge in [0.05, 0.1) is 11.6 Å². The minimum absolute atomic E-state index is 0.00528. The number of phenolic OH excluding ortho intramolecular Hbond substituents is 4. The van der Waals surface area contributed by atoms with Crippen LogP contribution in [0.2, 0.25) is 0 Å². The van der Waals surface area contributed by atoms with Crippen LogP contribution in [0.5, 0.6) is 28.7 Å². The highest BCUT2D eigenvalue weighted by molar-refractivity contribution is 5.90. The van der Waals surface area contributed by atoms with Crippen LogP contribution in [0.3, 0.4) is 0 Å². The van der Waals surface area contributed by atoms with Crippen LogP contribution in [0, 0.1) is 0 Å². The summed E-state index contributed by atoms with van der Waals surface area (Å²) in [4.78, 5) is 45.7. The summed E-state index contributed by atoms with van der Waals surface area (Å²) in [5.41, 5.74) is 0.166. The predicted molar refractivity (Wildman–Crippen MR) is 172 cm³/mol. The van der Waals surface area contributed by atoms with Gasteiger partial charge in [-0.3, -0.25) is 19.2 Å². The number of hydrogen-bond donors (Lipinski definition) is 11. The number of aliphatic hydroxyl groups excluding tert-OH is 5. The van der Waals surface area contributed by atoms with Crippen molar-refractivity contribution < 1.29 is 109 Å². The van der Waals surface area contributed by atoms with Gasteiger partial charge < -0.3 is 89.3 Å². The van der Waals surface area contributed by atoms with E-state index in [1.54, 1.807) is 0 Å². The summed E-state index contributed by atoms with van der Waals surface area (Å²) in [5, 5.41) is 113. The maximum atomic E-state index is 12.1. The number of carbonyl (C=O) groups is 4. The molecule has 300 valence electrons. The number of rotatable bonds is 13. The number of benzene rings is 2. The Labute approximate surface area is 308 Å². The third kappa shape index (κ3) is 9.44. The number of hydrogen-bond acceptors (Lipinski definition) is 19. The van der Waals surface area contributed by atoms with Crippen molar-refractivity contribution in [2.75, 3.05) is 13.2 Å². The van der Waals surface area contributed by atoms with Crippen molar-refractivity contribution in [1.82, 2.24) is 0 Å². The van der Waals surface area contributed by atoms with E-state index in [2.05, 4.69) is 4.74 Å². The Morgan fingerprint density at radius 2 is 1.27 bits per heavy atom. The zero-order valence-electron chi connectivity index (χ0n) is 28.1. The van der Waals surface area contributed by atoms with Crippen LogP contribution in [0.4, 0.5) is 0 Å². The molecule has 2 saturated heterocycles. The largest absolute Gasteiger partial charge is 0.571 e. The summed E-state index contributed by atoms with van der Waals surface area (Å²) in [6.45, 7) is -1.72. The third-order valence-corrected chi connectivity index (χ3v) is 8.52. The van der Waals surface area contributed by atoms with E-state index in [9.17, 15) is 65.1 Å². The quantitative estimate of drug-likeness (QED) is 0.0434. The predicted octanol–water partition coefficient (Wildman–Crippen LogP) is -2.46. The van der Waals surface area contributed by atoms with Gasteiger partial charge >= 0.3 is 23.9 Å². The van der Waals surface area contributed by atoms with E-state index in [1.165, 1.54) is 18.2 Å². The molecule has 2 aromatic carbocycles. The number of aromatic hydroxyl groups is 5. The van der Waals surface area contributed by atoms with E-state index in [-0.39, 0.29) is 28.4 Å². The molecular weight excluding hydrogens is 748 g/mol. The normalized spacial score (nSPS) is 30.2. The van der Waals surface area contributed by atoms with Gasteiger partial charge in [-0.05, 0) is 18.2 Å². The van der Waals surface area contributed by atoms with Gasteiger partial charge in [0.2, 0.25) is 6.29 Å². The lowest BCUT2D eigenvalue weighted by molar-refractivity contribution is -0.358. The highest BCUT2D eigenvalue weighted by atomic mass is 16.7. The number of carboxylic acid groups (broad SMARTS) is 2. The van der Waals surface area contributed by atoms with Gasteiger partial charge in [-0.2, -0.15) is 0 Å². The average molecular weight is 786 g/mol. The van der Waals surface area contributed by atoms with Crippen molar-refractivity contribution in [2.24, 2.45) is 0 Å². The van der Waals surface area contributed by atoms with Crippen molar-refractivity contribution in [3.05, 3.63) is 47.2 Å². The summed E-state index contributed by atoms with van der Waals surface area (Å²) in [5.74, 6) is -7.66. The Hall–Kier alpha value is -5.46. The monoisotopic (exact) mass is 785 g/mol. The van der Waals surface area contributed by atoms with Gasteiger partial charge in [0.1, 0.15) is 91.9 Å². The lowest BCUT2D eigenvalue weighted by Crippen LogP contribution is -2.65. The minimum atomic E-state index is -2.10. The van der Waals surface area contributed by atoms with Gasteiger partial charge in [-0.25, -0.2) is 0 Å². The Bertz CT molecular complexity index is 1790. The molecule has 3 heterocycles. The van der Waals surface area contributed by atoms with Gasteiger partial charge in [0, 0.05) is 12.1 Å². The maximum absolute atomic E-state index is 12.1. The summed E-state index contributed by atoms with van der Waals surface area (Å²) in [6, 6.07) is 5.77. The first-order valence-corrected chi connectivity index (χ1v) is 16.2. The molecule has 0 aromatic heterocycles. The van der Waals surface area contributed by atoms with Crippen molar-refractivity contribution >= 4 is 30.0 Å². The summed E-state index contributed by atoms with van der Waals surface area (Å²) in [7, 11) is 0. The number of carbonyl (C=O) groups excluding carboxylic acids is 2. The molecule has 55 heavy (non-hydrogen) atoms. The van der Waals surface area contributed by atoms with E-state index < -0.39 is 135 Å². The van der Waals surface area contributed by atoms with Crippen molar-refractivity contribution in [1.29, 1.82) is 0 Å². The molecule has 3 aliphatic heterocycles. The molecule has 0 saturated carbocycles. The van der Waals surface area contributed by atoms with E-state index in [4.69, 9.17) is 38.6 Å². The first-order chi connectivity index (χ1) is 25.9. The van der Waals surface area contributed by atoms with Crippen LogP contribution in [-0.4, -0.2) is 159 Å². The van der Waals surface area contributed by atoms with E-state index in [1.807, 2.05) is 0 Å². The third-order valence-electron chi connectivity index (χ3n) is 8.52. The fourth-order valence-corrected chi connectivity index (χ4v) is 5.79. The molecule has 5 rings (SSSR count).